The normalized spacial score (nSPS) is 13.7. The predicted molar refractivity (Wildman–Crippen MR) is 84.3 cm³/mol. The molecule has 0 radical (unpaired) electrons. The number of ether oxygens (including phenoxy) is 2. The summed E-state index contributed by atoms with van der Waals surface area (Å²) in [6.07, 6.45) is 0.380. The van der Waals surface area contributed by atoms with Crippen LogP contribution in [0.25, 0.3) is 0 Å². The molecule has 0 bridgehead atoms. The molecule has 118 valence electrons. The minimum Gasteiger partial charge on any atom is -0.379 e. The molecule has 0 spiro atoms. The number of rotatable bonds is 9. The fourth-order valence-electron chi connectivity index (χ4n) is 2.01. The maximum Gasteiger partial charge on any atom is 0.249 e. The van der Waals surface area contributed by atoms with Crippen LogP contribution in [-0.2, 0) is 14.3 Å². The number of nitrogens with one attached hydrogen (secondary N) is 1. The van der Waals surface area contributed by atoms with Crippen molar-refractivity contribution in [1.82, 2.24) is 5.32 Å². The van der Waals surface area contributed by atoms with Gasteiger partial charge in [0, 0.05) is 6.61 Å². The van der Waals surface area contributed by atoms with E-state index in [1.165, 1.54) is 5.56 Å². The van der Waals surface area contributed by atoms with Gasteiger partial charge >= 0.3 is 0 Å². The van der Waals surface area contributed by atoms with Crippen LogP contribution in [0.1, 0.15) is 44.4 Å². The fourth-order valence-corrected chi connectivity index (χ4v) is 2.01. The van der Waals surface area contributed by atoms with Gasteiger partial charge in [-0.3, -0.25) is 4.79 Å². The molecule has 0 aromatic heterocycles. The molecule has 4 heteroatoms. The second-order valence-corrected chi connectivity index (χ2v) is 5.09. The Morgan fingerprint density at radius 2 is 1.86 bits per heavy atom. The zero-order valence-electron chi connectivity index (χ0n) is 13.5. The number of hydrogen-bond acceptors (Lipinski definition) is 3. The maximum absolute atomic E-state index is 12.1. The van der Waals surface area contributed by atoms with Gasteiger partial charge in [-0.15, -0.1) is 0 Å². The first-order valence-corrected chi connectivity index (χ1v) is 7.64. The molecule has 0 heterocycles. The molecule has 1 amide bonds. The van der Waals surface area contributed by atoms with Crippen molar-refractivity contribution in [1.29, 1.82) is 0 Å². The fraction of sp³-hybridized carbons (Fsp3) is 0.588. The lowest BCUT2D eigenvalue weighted by Gasteiger charge is -2.20. The van der Waals surface area contributed by atoms with E-state index in [0.29, 0.717) is 19.8 Å². The molecule has 1 N–H and O–H groups in total. The highest BCUT2D eigenvalue weighted by Gasteiger charge is 2.18. The number of carbonyl (C=O) groups is 1. The third-order valence-corrected chi connectivity index (χ3v) is 3.37. The van der Waals surface area contributed by atoms with Crippen molar-refractivity contribution in [2.75, 3.05) is 19.8 Å². The Morgan fingerprint density at radius 1 is 1.19 bits per heavy atom. The zero-order valence-corrected chi connectivity index (χ0v) is 13.5. The van der Waals surface area contributed by atoms with Crippen LogP contribution in [0.4, 0.5) is 0 Å². The van der Waals surface area contributed by atoms with Gasteiger partial charge in [0.1, 0.15) is 6.10 Å². The van der Waals surface area contributed by atoms with Gasteiger partial charge in [0.2, 0.25) is 5.91 Å². The summed E-state index contributed by atoms with van der Waals surface area (Å²) >= 11 is 0. The Labute approximate surface area is 127 Å². The average molecular weight is 293 g/mol. The first kappa shape index (κ1) is 17.7. The molecule has 1 rings (SSSR count). The van der Waals surface area contributed by atoms with Gasteiger partial charge in [0.15, 0.2) is 0 Å². The quantitative estimate of drug-likeness (QED) is 0.712. The highest BCUT2D eigenvalue weighted by atomic mass is 16.5. The number of carbonyl (C=O) groups excluding carboxylic acids is 1. The van der Waals surface area contributed by atoms with Gasteiger partial charge in [-0.1, -0.05) is 36.8 Å². The van der Waals surface area contributed by atoms with E-state index in [2.05, 4.69) is 43.4 Å². The van der Waals surface area contributed by atoms with E-state index in [0.717, 1.165) is 12.0 Å². The van der Waals surface area contributed by atoms with E-state index < -0.39 is 6.10 Å². The highest BCUT2D eigenvalue weighted by Crippen LogP contribution is 2.17. The van der Waals surface area contributed by atoms with Gasteiger partial charge in [-0.25, -0.2) is 0 Å². The molecule has 0 saturated heterocycles. The Bertz CT molecular complexity index is 417. The molecule has 0 fully saturated rings. The number of aryl methyl sites for hydroxylation is 1. The van der Waals surface area contributed by atoms with E-state index in [1.54, 1.807) is 6.92 Å². The van der Waals surface area contributed by atoms with E-state index >= 15 is 0 Å². The van der Waals surface area contributed by atoms with Crippen LogP contribution in [-0.4, -0.2) is 31.8 Å². The van der Waals surface area contributed by atoms with Crippen molar-refractivity contribution in [3.63, 3.8) is 0 Å². The molecule has 0 aliphatic rings. The molecule has 0 aliphatic carbocycles. The van der Waals surface area contributed by atoms with Crippen molar-refractivity contribution in [2.45, 2.75) is 46.3 Å². The second-order valence-electron chi connectivity index (χ2n) is 5.09. The minimum absolute atomic E-state index is 0.0241. The summed E-state index contributed by atoms with van der Waals surface area (Å²) < 4.78 is 10.7. The van der Waals surface area contributed by atoms with Crippen LogP contribution >= 0.6 is 0 Å². The molecular weight excluding hydrogens is 266 g/mol. The van der Waals surface area contributed by atoms with Gasteiger partial charge in [-0.05, 0) is 32.8 Å². The first-order chi connectivity index (χ1) is 10.1. The molecule has 0 aliphatic heterocycles. The number of hydrogen-bond donors (Lipinski definition) is 1. The van der Waals surface area contributed by atoms with Gasteiger partial charge < -0.3 is 14.8 Å². The van der Waals surface area contributed by atoms with Crippen molar-refractivity contribution < 1.29 is 14.3 Å². The summed E-state index contributed by atoms with van der Waals surface area (Å²) in [5.41, 5.74) is 2.34. The van der Waals surface area contributed by atoms with E-state index in [1.807, 2.05) is 6.92 Å². The lowest BCUT2D eigenvalue weighted by Crippen LogP contribution is -2.37. The molecule has 21 heavy (non-hydrogen) atoms. The predicted octanol–water partition coefficient (Wildman–Crippen LogP) is 3.00. The molecule has 1 aromatic rings. The lowest BCUT2D eigenvalue weighted by atomic mass is 10.0. The summed E-state index contributed by atoms with van der Waals surface area (Å²) in [6, 6.07) is 8.27. The molecular formula is C17H27NO3. The maximum atomic E-state index is 12.1. The van der Waals surface area contributed by atoms with Crippen LogP contribution in [0, 0.1) is 6.92 Å². The first-order valence-electron chi connectivity index (χ1n) is 7.64. The van der Waals surface area contributed by atoms with Crippen molar-refractivity contribution in [2.24, 2.45) is 0 Å². The van der Waals surface area contributed by atoms with Crippen LogP contribution in [0.2, 0.25) is 0 Å². The minimum atomic E-state index is -0.468. The molecule has 2 atom stereocenters. The molecule has 1 aromatic carbocycles. The third kappa shape index (κ3) is 6.27. The largest absolute Gasteiger partial charge is 0.379 e. The number of amides is 1. The van der Waals surface area contributed by atoms with Gasteiger partial charge in [0.25, 0.3) is 0 Å². The average Bonchev–Trinajstić information content (AvgIpc) is 2.49. The van der Waals surface area contributed by atoms with E-state index in [4.69, 9.17) is 9.47 Å². The van der Waals surface area contributed by atoms with Crippen LogP contribution in [0.15, 0.2) is 24.3 Å². The Balaban J connectivity index is 2.48. The summed E-state index contributed by atoms with van der Waals surface area (Å²) in [5.74, 6) is -0.0843. The Hall–Kier alpha value is -1.39. The Kier molecular flexibility index (Phi) is 8.01. The van der Waals surface area contributed by atoms with Crippen LogP contribution < -0.4 is 5.32 Å². The zero-order chi connectivity index (χ0) is 15.7. The van der Waals surface area contributed by atoms with Crippen molar-refractivity contribution >= 4 is 5.91 Å². The summed E-state index contributed by atoms with van der Waals surface area (Å²) in [4.78, 5) is 12.1. The third-order valence-electron chi connectivity index (χ3n) is 3.37. The molecule has 2 unspecified atom stereocenters. The van der Waals surface area contributed by atoms with Gasteiger partial charge in [-0.2, -0.15) is 0 Å². The standard InChI is InChI=1S/C17H27NO3/c1-5-16(15-9-7-13(3)8-10-15)18-17(19)14(4)21-12-11-20-6-2/h7-10,14,16H,5-6,11-12H2,1-4H3,(H,18,19). The van der Waals surface area contributed by atoms with Crippen LogP contribution in [0.5, 0.6) is 0 Å². The summed E-state index contributed by atoms with van der Waals surface area (Å²) in [6.45, 7) is 9.43. The van der Waals surface area contributed by atoms with Gasteiger partial charge in [0.05, 0.1) is 19.3 Å². The molecule has 4 nitrogen and oxygen atoms in total. The van der Waals surface area contributed by atoms with E-state index in [9.17, 15) is 4.79 Å². The SMILES string of the molecule is CCOCCOC(C)C(=O)NC(CC)c1ccc(C)cc1. The monoisotopic (exact) mass is 293 g/mol. The van der Waals surface area contributed by atoms with E-state index in [-0.39, 0.29) is 11.9 Å². The summed E-state index contributed by atoms with van der Waals surface area (Å²) in [5, 5.41) is 3.04. The van der Waals surface area contributed by atoms with Crippen LogP contribution in [0.3, 0.4) is 0 Å². The Morgan fingerprint density at radius 3 is 2.43 bits per heavy atom. The smallest absolute Gasteiger partial charge is 0.249 e. The summed E-state index contributed by atoms with van der Waals surface area (Å²) in [7, 11) is 0. The molecule has 0 saturated carbocycles. The highest BCUT2D eigenvalue weighted by molar-refractivity contribution is 5.80. The lowest BCUT2D eigenvalue weighted by molar-refractivity contribution is -0.133. The topological polar surface area (TPSA) is 47.6 Å². The number of benzene rings is 1. The van der Waals surface area contributed by atoms with Crippen molar-refractivity contribution in [3.8, 4) is 0 Å². The second kappa shape index (κ2) is 9.53. The van der Waals surface area contributed by atoms with Crippen molar-refractivity contribution in [3.05, 3.63) is 35.4 Å².